The first-order valence-corrected chi connectivity index (χ1v) is 16.1. The van der Waals surface area contributed by atoms with Crippen LogP contribution in [0.2, 0.25) is 5.02 Å². The summed E-state index contributed by atoms with van der Waals surface area (Å²) in [7, 11) is 1.26. The molecule has 0 N–H and O–H groups in total. The van der Waals surface area contributed by atoms with Gasteiger partial charge in [-0.25, -0.2) is 28.7 Å². The Morgan fingerprint density at radius 3 is 2.16 bits per heavy atom. The molecule has 14 heteroatoms. The lowest BCUT2D eigenvalue weighted by atomic mass is 10.0. The molecule has 0 radical (unpaired) electrons. The summed E-state index contributed by atoms with van der Waals surface area (Å²) in [6, 6.07) is 10.9. The molecule has 12 nitrogen and oxygen atoms in total. The van der Waals surface area contributed by atoms with E-state index in [0.717, 1.165) is 0 Å². The number of pyridine rings is 2. The number of imide groups is 1. The van der Waals surface area contributed by atoms with E-state index in [1.165, 1.54) is 37.7 Å². The first kappa shape index (κ1) is 34.7. The minimum atomic E-state index is -0.988. The quantitative estimate of drug-likeness (QED) is 0.131. The third-order valence-corrected chi connectivity index (χ3v) is 7.97. The number of hydrogen-bond donors (Lipinski definition) is 0. The lowest BCUT2D eigenvalue weighted by Crippen LogP contribution is -2.44. The molecule has 0 bridgehead atoms. The molecule has 3 aromatic heterocycles. The Labute approximate surface area is 292 Å². The number of carbonyl (C=O) groups excluding carboxylic acids is 3. The topological polar surface area (TPSA) is 135 Å². The third kappa shape index (κ3) is 6.70. The number of esters is 1. The molecule has 1 fully saturated rings. The molecule has 1 aliphatic rings. The zero-order valence-electron chi connectivity index (χ0n) is 28.5. The van der Waals surface area contributed by atoms with Crippen molar-refractivity contribution >= 4 is 57.5 Å². The highest BCUT2D eigenvalue weighted by Gasteiger charge is 2.35. The number of ether oxygens (including phenoxy) is 4. The van der Waals surface area contributed by atoms with Crippen molar-refractivity contribution in [2.45, 2.75) is 58.7 Å². The van der Waals surface area contributed by atoms with Crippen LogP contribution in [-0.2, 0) is 18.9 Å². The van der Waals surface area contributed by atoms with Crippen molar-refractivity contribution in [3.63, 3.8) is 0 Å². The zero-order valence-corrected chi connectivity index (χ0v) is 29.3. The van der Waals surface area contributed by atoms with Crippen molar-refractivity contribution in [2.24, 2.45) is 0 Å². The average Bonchev–Trinajstić information content (AvgIpc) is 3.37. The molecule has 0 spiro atoms. The number of anilines is 1. The van der Waals surface area contributed by atoms with Gasteiger partial charge in [-0.05, 0) is 95.1 Å². The Morgan fingerprint density at radius 2 is 1.56 bits per heavy atom. The molecule has 0 saturated carbocycles. The standard InChI is InChI=1S/C36H35ClFN5O7/c1-35(2,3)49-33(45)43(34(46)50-36(4,5)6)27-16-19(10-12-39-27)20-14-22(32(44)47-7)29-26(15-20)42(31(41-29)21-17-48-18-21)25-11-13-40-30-23(37)8-9-24(38)28(25)30/h8-16,21H,17-18H2,1-7H3. The second-order valence-corrected chi connectivity index (χ2v) is 14.1. The van der Waals surface area contributed by atoms with Crippen molar-refractivity contribution in [1.82, 2.24) is 19.5 Å². The van der Waals surface area contributed by atoms with Crippen molar-refractivity contribution in [1.29, 1.82) is 0 Å². The van der Waals surface area contributed by atoms with Crippen LogP contribution in [-0.4, -0.2) is 69.2 Å². The van der Waals surface area contributed by atoms with E-state index in [9.17, 15) is 14.4 Å². The second-order valence-electron chi connectivity index (χ2n) is 13.7. The van der Waals surface area contributed by atoms with Gasteiger partial charge in [-0.3, -0.25) is 9.55 Å². The van der Waals surface area contributed by atoms with Gasteiger partial charge in [0.05, 0.1) is 58.9 Å². The summed E-state index contributed by atoms with van der Waals surface area (Å²) >= 11 is 6.46. The number of fused-ring (bicyclic) bond motifs is 2. The molecule has 6 rings (SSSR count). The van der Waals surface area contributed by atoms with Gasteiger partial charge in [0.1, 0.15) is 34.2 Å². The smallest absolute Gasteiger partial charge is 0.425 e. The molecule has 1 aliphatic heterocycles. The van der Waals surface area contributed by atoms with Crippen LogP contribution in [0, 0.1) is 5.82 Å². The minimum absolute atomic E-state index is 0.0802. The second kappa shape index (κ2) is 13.0. The van der Waals surface area contributed by atoms with Crippen LogP contribution in [0.3, 0.4) is 0 Å². The average molecular weight is 704 g/mol. The maximum Gasteiger partial charge on any atom is 0.425 e. The van der Waals surface area contributed by atoms with E-state index >= 15 is 4.39 Å². The number of carbonyl (C=O) groups is 3. The fourth-order valence-corrected chi connectivity index (χ4v) is 5.71. The molecular formula is C36H35ClFN5O7. The molecule has 260 valence electrons. The monoisotopic (exact) mass is 703 g/mol. The van der Waals surface area contributed by atoms with Gasteiger partial charge < -0.3 is 18.9 Å². The summed E-state index contributed by atoms with van der Waals surface area (Å²) < 4.78 is 39.1. The van der Waals surface area contributed by atoms with Gasteiger partial charge in [0, 0.05) is 12.4 Å². The van der Waals surface area contributed by atoms with Crippen LogP contribution < -0.4 is 4.90 Å². The van der Waals surface area contributed by atoms with Gasteiger partial charge in [0.15, 0.2) is 0 Å². The van der Waals surface area contributed by atoms with Crippen LogP contribution in [0.15, 0.2) is 54.9 Å². The van der Waals surface area contributed by atoms with E-state index in [1.54, 1.807) is 70.4 Å². The van der Waals surface area contributed by atoms with E-state index in [1.807, 2.05) is 0 Å². The van der Waals surface area contributed by atoms with E-state index in [-0.39, 0.29) is 33.2 Å². The predicted octanol–water partition coefficient (Wildman–Crippen LogP) is 8.01. The number of aromatic nitrogens is 4. The lowest BCUT2D eigenvalue weighted by molar-refractivity contribution is 0.00449. The van der Waals surface area contributed by atoms with Crippen LogP contribution in [0.25, 0.3) is 38.8 Å². The molecule has 0 aliphatic carbocycles. The molecule has 5 aromatic rings. The normalized spacial score (nSPS) is 13.6. The Hall–Kier alpha value is -5.14. The summed E-state index contributed by atoms with van der Waals surface area (Å²) in [5.41, 5.74) is 0.637. The Balaban J connectivity index is 1.60. The molecule has 50 heavy (non-hydrogen) atoms. The van der Waals surface area contributed by atoms with E-state index in [0.29, 0.717) is 51.8 Å². The fourth-order valence-electron chi connectivity index (χ4n) is 5.50. The highest BCUT2D eigenvalue weighted by atomic mass is 35.5. The fraction of sp³-hybridized carbons (Fsp3) is 0.333. The highest BCUT2D eigenvalue weighted by molar-refractivity contribution is 6.35. The molecule has 4 heterocycles. The van der Waals surface area contributed by atoms with Crippen molar-refractivity contribution in [2.75, 3.05) is 25.2 Å². The molecular weight excluding hydrogens is 669 g/mol. The lowest BCUT2D eigenvalue weighted by Gasteiger charge is -2.28. The van der Waals surface area contributed by atoms with Gasteiger partial charge in [0.25, 0.3) is 0 Å². The largest absolute Gasteiger partial charge is 0.465 e. The molecule has 2 amide bonds. The van der Waals surface area contributed by atoms with Crippen LogP contribution >= 0.6 is 11.6 Å². The molecule has 2 aromatic carbocycles. The van der Waals surface area contributed by atoms with Gasteiger partial charge in [0.2, 0.25) is 0 Å². The Morgan fingerprint density at radius 1 is 0.900 bits per heavy atom. The van der Waals surface area contributed by atoms with Crippen molar-refractivity contribution in [3.05, 3.63) is 77.1 Å². The number of benzene rings is 2. The Bertz CT molecular complexity index is 2140. The number of methoxy groups -OCH3 is 1. The third-order valence-electron chi connectivity index (χ3n) is 7.67. The summed E-state index contributed by atoms with van der Waals surface area (Å²) in [6.45, 7) is 10.8. The van der Waals surface area contributed by atoms with Gasteiger partial charge >= 0.3 is 18.2 Å². The first-order valence-electron chi connectivity index (χ1n) is 15.7. The highest BCUT2D eigenvalue weighted by Crippen LogP contribution is 2.38. The summed E-state index contributed by atoms with van der Waals surface area (Å²) in [5, 5.41) is 0.434. The minimum Gasteiger partial charge on any atom is -0.465 e. The van der Waals surface area contributed by atoms with Gasteiger partial charge in [-0.1, -0.05) is 11.6 Å². The predicted molar refractivity (Wildman–Crippen MR) is 184 cm³/mol. The number of amides is 2. The van der Waals surface area contributed by atoms with E-state index in [4.69, 9.17) is 35.5 Å². The van der Waals surface area contributed by atoms with E-state index in [2.05, 4.69) is 9.97 Å². The van der Waals surface area contributed by atoms with Gasteiger partial charge in [-0.2, -0.15) is 4.90 Å². The van der Waals surface area contributed by atoms with Crippen LogP contribution in [0.5, 0.6) is 0 Å². The van der Waals surface area contributed by atoms with Crippen molar-refractivity contribution < 1.29 is 37.7 Å². The van der Waals surface area contributed by atoms with Crippen molar-refractivity contribution in [3.8, 4) is 16.8 Å². The summed E-state index contributed by atoms with van der Waals surface area (Å²) in [5.74, 6) is -0.909. The molecule has 0 atom stereocenters. The summed E-state index contributed by atoms with van der Waals surface area (Å²) in [4.78, 5) is 54.4. The van der Waals surface area contributed by atoms with E-state index < -0.39 is 35.2 Å². The number of halogens is 2. The van der Waals surface area contributed by atoms with Gasteiger partial charge in [-0.15, -0.1) is 0 Å². The first-order chi connectivity index (χ1) is 23.6. The maximum atomic E-state index is 15.6. The SMILES string of the molecule is COC(=O)c1cc(-c2ccnc(N(C(=O)OC(C)(C)C)C(=O)OC(C)(C)C)c2)cc2c1nc(C1COC1)n2-c1ccnc2c(Cl)ccc(F)c12. The Kier molecular flexibility index (Phi) is 8.99. The summed E-state index contributed by atoms with van der Waals surface area (Å²) in [6.07, 6.45) is 0.963. The molecule has 1 saturated heterocycles. The maximum absolute atomic E-state index is 15.6. The van der Waals surface area contributed by atoms with Crippen LogP contribution in [0.4, 0.5) is 19.8 Å². The number of imidazole rings is 1. The number of nitrogens with zero attached hydrogens (tertiary/aromatic N) is 5. The number of hydrogen-bond acceptors (Lipinski definition) is 10. The zero-order chi connectivity index (χ0) is 36.1. The molecule has 0 unspecified atom stereocenters. The number of rotatable bonds is 5. The van der Waals surface area contributed by atoms with Crippen LogP contribution in [0.1, 0.15) is 63.6 Å².